The number of rotatable bonds is 6. The molecule has 9 nitrogen and oxygen atoms in total. The Labute approximate surface area is 181 Å². The number of nitrogens with zero attached hydrogens (tertiary/aromatic N) is 3. The second kappa shape index (κ2) is 8.93. The van der Waals surface area contributed by atoms with Crippen LogP contribution in [0, 0.1) is 5.92 Å². The number of ether oxygens (including phenoxy) is 1. The van der Waals surface area contributed by atoms with E-state index in [4.69, 9.17) is 10.5 Å². The number of piperidine rings is 1. The molecule has 1 aromatic heterocycles. The number of benzene rings is 1. The highest BCUT2D eigenvalue weighted by Gasteiger charge is 2.27. The Morgan fingerprint density at radius 3 is 2.97 bits per heavy atom. The molecule has 1 fully saturated rings. The van der Waals surface area contributed by atoms with Crippen molar-refractivity contribution in [1.29, 1.82) is 0 Å². The molecule has 0 aliphatic carbocycles. The van der Waals surface area contributed by atoms with Crippen LogP contribution in [0.1, 0.15) is 30.4 Å². The molecule has 31 heavy (non-hydrogen) atoms. The summed E-state index contributed by atoms with van der Waals surface area (Å²) in [5.41, 5.74) is 7.71. The molecule has 3 heterocycles. The van der Waals surface area contributed by atoms with Gasteiger partial charge in [-0.3, -0.25) is 14.5 Å². The molecule has 10 heteroatoms. The van der Waals surface area contributed by atoms with Crippen LogP contribution >= 0.6 is 0 Å². The number of amidine groups is 1. The van der Waals surface area contributed by atoms with Crippen LogP contribution in [0.5, 0.6) is 5.75 Å². The maximum atomic E-state index is 12.7. The molecule has 1 aromatic carbocycles. The second-order valence-electron chi connectivity index (χ2n) is 7.75. The minimum absolute atomic E-state index is 0.0970. The van der Waals surface area contributed by atoms with Gasteiger partial charge in [0.2, 0.25) is 5.91 Å². The maximum Gasteiger partial charge on any atom is 0.344 e. The van der Waals surface area contributed by atoms with Gasteiger partial charge in [-0.25, -0.2) is 0 Å². The second-order valence-corrected chi connectivity index (χ2v) is 9.09. The van der Waals surface area contributed by atoms with Gasteiger partial charge in [-0.2, -0.15) is 8.42 Å². The zero-order valence-electron chi connectivity index (χ0n) is 17.0. The summed E-state index contributed by atoms with van der Waals surface area (Å²) in [4.78, 5) is 18.6. The summed E-state index contributed by atoms with van der Waals surface area (Å²) < 4.78 is 35.3. The van der Waals surface area contributed by atoms with E-state index in [1.54, 1.807) is 30.6 Å². The van der Waals surface area contributed by atoms with Crippen molar-refractivity contribution in [3.8, 4) is 5.75 Å². The van der Waals surface area contributed by atoms with Crippen molar-refractivity contribution >= 4 is 27.6 Å². The normalized spacial score (nSPS) is 19.7. The number of aromatic nitrogens is 1. The molecule has 1 saturated heterocycles. The molecular formula is C21H25N5O4S. The van der Waals surface area contributed by atoms with E-state index in [0.717, 1.165) is 24.9 Å². The van der Waals surface area contributed by atoms with Crippen molar-refractivity contribution in [2.45, 2.75) is 25.7 Å². The number of fused-ring (bicyclic) bond motifs is 1. The first-order valence-electron chi connectivity index (χ1n) is 10.2. The van der Waals surface area contributed by atoms with E-state index in [-0.39, 0.29) is 17.7 Å². The number of amides is 1. The Kier molecular flexibility index (Phi) is 6.08. The molecule has 2 aliphatic rings. The molecule has 0 saturated carbocycles. The average molecular weight is 444 g/mol. The highest BCUT2D eigenvalue weighted by atomic mass is 32.2. The molecule has 164 valence electrons. The van der Waals surface area contributed by atoms with E-state index in [9.17, 15) is 13.2 Å². The van der Waals surface area contributed by atoms with Gasteiger partial charge in [-0.05, 0) is 43.0 Å². The lowest BCUT2D eigenvalue weighted by atomic mass is 9.98. The Morgan fingerprint density at radius 2 is 2.16 bits per heavy atom. The van der Waals surface area contributed by atoms with Crippen LogP contribution in [0.4, 0.5) is 5.69 Å². The maximum absolute atomic E-state index is 12.7. The van der Waals surface area contributed by atoms with E-state index < -0.39 is 10.2 Å². The van der Waals surface area contributed by atoms with Gasteiger partial charge in [0.1, 0.15) is 5.75 Å². The molecule has 4 rings (SSSR count). The first-order chi connectivity index (χ1) is 14.9. The highest BCUT2D eigenvalue weighted by molar-refractivity contribution is 7.91. The predicted molar refractivity (Wildman–Crippen MR) is 117 cm³/mol. The third-order valence-corrected chi connectivity index (χ3v) is 6.35. The molecule has 2 aliphatic heterocycles. The third-order valence-electron chi connectivity index (χ3n) is 5.44. The largest absolute Gasteiger partial charge is 0.492 e. The predicted octanol–water partition coefficient (Wildman–Crippen LogP) is 1.71. The summed E-state index contributed by atoms with van der Waals surface area (Å²) in [5.74, 6) is 0.697. The molecule has 3 N–H and O–H groups in total. The van der Waals surface area contributed by atoms with Crippen molar-refractivity contribution in [3.05, 3.63) is 53.9 Å². The van der Waals surface area contributed by atoms with Gasteiger partial charge in [0.05, 0.1) is 17.9 Å². The lowest BCUT2D eigenvalue weighted by molar-refractivity contribution is -0.133. The zero-order valence-corrected chi connectivity index (χ0v) is 17.8. The number of aryl methyl sites for hydroxylation is 1. The monoisotopic (exact) mass is 443 g/mol. The van der Waals surface area contributed by atoms with E-state index in [2.05, 4.69) is 14.1 Å². The molecule has 1 amide bonds. The summed E-state index contributed by atoms with van der Waals surface area (Å²) in [5, 5.41) is 0. The number of anilines is 1. The number of hydrogen-bond donors (Lipinski definition) is 2. The molecular weight excluding hydrogens is 418 g/mol. The number of carbonyl (C=O) groups excluding carboxylic acids is 1. The SMILES string of the molecule is NC1=NS(=O)(=O)Nc2cccc(OCC3CCCN(C(=O)CCc4cccnc4)C3)c21. The standard InChI is InChI=1S/C21H25N5O4S/c22-21-20-17(24-31(28,29)25-21)6-1-7-18(20)30-14-16-5-3-11-26(13-16)19(27)9-8-15-4-2-10-23-12-15/h1-2,4,6-7,10,12,16,24H,3,5,8-9,11,13-14H2,(H2,22,25). The summed E-state index contributed by atoms with van der Waals surface area (Å²) in [7, 11) is -3.83. The number of nitrogens with two attached hydrogens (primary N) is 1. The smallest absolute Gasteiger partial charge is 0.344 e. The van der Waals surface area contributed by atoms with Crippen LogP contribution in [-0.2, 0) is 21.4 Å². The molecule has 2 aromatic rings. The first-order valence-corrected chi connectivity index (χ1v) is 11.7. The summed E-state index contributed by atoms with van der Waals surface area (Å²) >= 11 is 0. The van der Waals surface area contributed by atoms with Crippen molar-refractivity contribution in [3.63, 3.8) is 0 Å². The Balaban J connectivity index is 1.35. The third kappa shape index (κ3) is 5.13. The Hall–Kier alpha value is -3.14. The summed E-state index contributed by atoms with van der Waals surface area (Å²) in [6, 6.07) is 8.90. The zero-order chi connectivity index (χ0) is 21.8. The van der Waals surface area contributed by atoms with Gasteiger partial charge < -0.3 is 15.4 Å². The average Bonchev–Trinajstić information content (AvgIpc) is 2.76. The van der Waals surface area contributed by atoms with Crippen molar-refractivity contribution in [1.82, 2.24) is 9.88 Å². The van der Waals surface area contributed by atoms with Gasteiger partial charge in [0.15, 0.2) is 5.84 Å². The van der Waals surface area contributed by atoms with E-state index in [0.29, 0.717) is 43.0 Å². The van der Waals surface area contributed by atoms with Gasteiger partial charge >= 0.3 is 10.2 Å². The Morgan fingerprint density at radius 1 is 1.29 bits per heavy atom. The topological polar surface area (TPSA) is 127 Å². The minimum Gasteiger partial charge on any atom is -0.492 e. The number of pyridine rings is 1. The van der Waals surface area contributed by atoms with Gasteiger partial charge in [0, 0.05) is 37.8 Å². The van der Waals surface area contributed by atoms with Gasteiger partial charge in [-0.1, -0.05) is 12.1 Å². The highest BCUT2D eigenvalue weighted by Crippen LogP contribution is 2.31. The van der Waals surface area contributed by atoms with Gasteiger partial charge in [0.25, 0.3) is 0 Å². The number of carbonyl (C=O) groups is 1. The fourth-order valence-corrected chi connectivity index (χ4v) is 4.77. The van der Waals surface area contributed by atoms with Crippen molar-refractivity contribution in [2.75, 3.05) is 24.4 Å². The molecule has 1 atom stereocenters. The first kappa shape index (κ1) is 21.1. The fourth-order valence-electron chi connectivity index (χ4n) is 3.93. The number of hydrogen-bond acceptors (Lipinski definition) is 6. The number of nitrogens with one attached hydrogen (secondary N) is 1. The molecule has 0 radical (unpaired) electrons. The fraction of sp³-hybridized carbons (Fsp3) is 0.381. The van der Waals surface area contributed by atoms with Crippen LogP contribution in [0.3, 0.4) is 0 Å². The summed E-state index contributed by atoms with van der Waals surface area (Å²) in [6.07, 6.45) is 6.52. The van der Waals surface area contributed by atoms with Crippen molar-refractivity contribution in [2.24, 2.45) is 16.0 Å². The van der Waals surface area contributed by atoms with Crippen LogP contribution < -0.4 is 15.2 Å². The van der Waals surface area contributed by atoms with Crippen LogP contribution in [0.25, 0.3) is 0 Å². The van der Waals surface area contributed by atoms with E-state index >= 15 is 0 Å². The molecule has 0 bridgehead atoms. The van der Waals surface area contributed by atoms with E-state index in [1.165, 1.54) is 0 Å². The van der Waals surface area contributed by atoms with Crippen LogP contribution in [-0.4, -0.2) is 49.7 Å². The summed E-state index contributed by atoms with van der Waals surface area (Å²) in [6.45, 7) is 1.80. The van der Waals surface area contributed by atoms with Crippen LogP contribution in [0.2, 0.25) is 0 Å². The van der Waals surface area contributed by atoms with Crippen LogP contribution in [0.15, 0.2) is 47.1 Å². The lowest BCUT2D eigenvalue weighted by Crippen LogP contribution is -2.41. The van der Waals surface area contributed by atoms with E-state index in [1.807, 2.05) is 17.0 Å². The molecule has 0 spiro atoms. The van der Waals surface area contributed by atoms with Gasteiger partial charge in [-0.15, -0.1) is 4.40 Å². The van der Waals surface area contributed by atoms with Crippen molar-refractivity contribution < 1.29 is 17.9 Å². The minimum atomic E-state index is -3.83. The Bertz CT molecular complexity index is 1090. The lowest BCUT2D eigenvalue weighted by Gasteiger charge is -2.33. The number of likely N-dealkylation sites (tertiary alicyclic amines) is 1. The molecule has 1 unspecified atom stereocenters. The quantitative estimate of drug-likeness (QED) is 0.700.